The van der Waals surface area contributed by atoms with E-state index in [1.165, 1.54) is 0 Å². The summed E-state index contributed by atoms with van der Waals surface area (Å²) in [6, 6.07) is 13.0. The van der Waals surface area contributed by atoms with Crippen LogP contribution in [0.4, 0.5) is 0 Å². The molecule has 0 radical (unpaired) electrons. The molecule has 82 valence electrons. The maximum Gasteiger partial charge on any atom is 0.168 e. The van der Waals surface area contributed by atoms with Crippen molar-refractivity contribution in [3.8, 4) is 0 Å². The average molecular weight is 214 g/mol. The van der Waals surface area contributed by atoms with Gasteiger partial charge in [0.25, 0.3) is 0 Å². The third-order valence-corrected chi connectivity index (χ3v) is 2.64. The van der Waals surface area contributed by atoms with Crippen LogP contribution in [-0.4, -0.2) is 10.5 Å². The molecular weight excluding hydrogens is 200 g/mol. The minimum atomic E-state index is 0.0883. The van der Waals surface area contributed by atoms with E-state index >= 15 is 0 Å². The quantitative estimate of drug-likeness (QED) is 0.627. The number of Topliss-reactive ketones (excluding diaryl/α,β-unsaturated/α-hetero) is 1. The summed E-state index contributed by atoms with van der Waals surface area (Å²) < 4.78 is 1.56. The van der Waals surface area contributed by atoms with Gasteiger partial charge in [0.1, 0.15) is 0 Å². The zero-order valence-corrected chi connectivity index (χ0v) is 9.18. The predicted molar refractivity (Wildman–Crippen MR) is 63.8 cm³/mol. The van der Waals surface area contributed by atoms with Crippen molar-refractivity contribution in [3.63, 3.8) is 0 Å². The van der Waals surface area contributed by atoms with Gasteiger partial charge in [0.15, 0.2) is 5.78 Å². The standard InChI is InChI=1S/C13H14N2O/c1-10-7-8-12(15(10)14)9-13(16)11-5-3-2-4-6-11/h2-8H,9,14H2,1H3. The minimum Gasteiger partial charge on any atom is -0.339 e. The highest BCUT2D eigenvalue weighted by Crippen LogP contribution is 2.09. The lowest BCUT2D eigenvalue weighted by Crippen LogP contribution is -2.16. The summed E-state index contributed by atoms with van der Waals surface area (Å²) >= 11 is 0. The Labute approximate surface area is 94.5 Å². The molecule has 0 bridgehead atoms. The first-order chi connectivity index (χ1) is 7.68. The van der Waals surface area contributed by atoms with Crippen LogP contribution in [0.3, 0.4) is 0 Å². The first-order valence-electron chi connectivity index (χ1n) is 5.19. The number of carbonyl (C=O) groups is 1. The number of ketones is 1. The third-order valence-electron chi connectivity index (χ3n) is 2.64. The van der Waals surface area contributed by atoms with Gasteiger partial charge in [-0.3, -0.25) is 9.47 Å². The molecule has 0 aliphatic rings. The van der Waals surface area contributed by atoms with Crippen LogP contribution in [0.2, 0.25) is 0 Å². The Hall–Kier alpha value is -2.03. The van der Waals surface area contributed by atoms with Crippen LogP contribution in [0.15, 0.2) is 42.5 Å². The Morgan fingerprint density at radius 3 is 2.44 bits per heavy atom. The number of hydrogen-bond acceptors (Lipinski definition) is 2. The number of carbonyl (C=O) groups excluding carboxylic acids is 1. The molecule has 1 aromatic heterocycles. The van der Waals surface area contributed by atoms with E-state index in [4.69, 9.17) is 5.84 Å². The molecular formula is C13H14N2O. The minimum absolute atomic E-state index is 0.0883. The van der Waals surface area contributed by atoms with Crippen LogP contribution in [0.1, 0.15) is 21.7 Å². The molecule has 0 fully saturated rings. The SMILES string of the molecule is Cc1ccc(CC(=O)c2ccccc2)n1N. The van der Waals surface area contributed by atoms with Crippen molar-refractivity contribution in [2.45, 2.75) is 13.3 Å². The van der Waals surface area contributed by atoms with Gasteiger partial charge in [-0.15, -0.1) is 0 Å². The molecule has 2 aromatic rings. The van der Waals surface area contributed by atoms with Crippen molar-refractivity contribution in [2.24, 2.45) is 0 Å². The molecule has 0 aliphatic heterocycles. The second-order valence-corrected chi connectivity index (χ2v) is 3.80. The maximum atomic E-state index is 11.9. The molecule has 0 saturated carbocycles. The fraction of sp³-hybridized carbons (Fsp3) is 0.154. The molecule has 0 saturated heterocycles. The second-order valence-electron chi connectivity index (χ2n) is 3.80. The van der Waals surface area contributed by atoms with Crippen molar-refractivity contribution < 1.29 is 4.79 Å². The van der Waals surface area contributed by atoms with Crippen LogP contribution >= 0.6 is 0 Å². The number of rotatable bonds is 3. The summed E-state index contributed by atoms with van der Waals surface area (Å²) in [6.45, 7) is 1.91. The van der Waals surface area contributed by atoms with Gasteiger partial charge >= 0.3 is 0 Å². The fourth-order valence-corrected chi connectivity index (χ4v) is 1.64. The molecule has 0 unspecified atom stereocenters. The molecule has 3 heteroatoms. The Bertz CT molecular complexity index is 500. The first kappa shape index (κ1) is 10.5. The van der Waals surface area contributed by atoms with Crippen molar-refractivity contribution in [3.05, 3.63) is 59.4 Å². The Kier molecular flexibility index (Phi) is 2.77. The van der Waals surface area contributed by atoms with E-state index in [2.05, 4.69) is 0 Å². The van der Waals surface area contributed by atoms with E-state index in [0.717, 1.165) is 17.0 Å². The van der Waals surface area contributed by atoms with Crippen molar-refractivity contribution >= 4 is 5.78 Å². The average Bonchev–Trinajstić information content (AvgIpc) is 2.62. The molecule has 0 aliphatic carbocycles. The number of hydrogen-bond donors (Lipinski definition) is 1. The van der Waals surface area contributed by atoms with Crippen molar-refractivity contribution in [1.82, 2.24) is 4.68 Å². The molecule has 2 rings (SSSR count). The van der Waals surface area contributed by atoms with E-state index < -0.39 is 0 Å². The largest absolute Gasteiger partial charge is 0.339 e. The summed E-state index contributed by atoms with van der Waals surface area (Å²) in [6.07, 6.45) is 0.342. The molecule has 1 heterocycles. The highest BCUT2D eigenvalue weighted by atomic mass is 16.1. The predicted octanol–water partition coefficient (Wildman–Crippen LogP) is 1.94. The van der Waals surface area contributed by atoms with Crippen LogP contribution < -0.4 is 5.84 Å². The van der Waals surface area contributed by atoms with E-state index in [0.29, 0.717) is 6.42 Å². The monoisotopic (exact) mass is 214 g/mol. The highest BCUT2D eigenvalue weighted by Gasteiger charge is 2.09. The zero-order chi connectivity index (χ0) is 11.5. The van der Waals surface area contributed by atoms with E-state index in [1.807, 2.05) is 49.4 Å². The van der Waals surface area contributed by atoms with Crippen LogP contribution in [-0.2, 0) is 6.42 Å². The summed E-state index contributed by atoms with van der Waals surface area (Å²) in [5.74, 6) is 5.88. The van der Waals surface area contributed by atoms with Crippen LogP contribution in [0.5, 0.6) is 0 Å². The Morgan fingerprint density at radius 1 is 1.19 bits per heavy atom. The van der Waals surface area contributed by atoms with Gasteiger partial charge in [0.2, 0.25) is 0 Å². The van der Waals surface area contributed by atoms with Gasteiger partial charge in [-0.05, 0) is 19.1 Å². The Balaban J connectivity index is 2.17. The molecule has 0 amide bonds. The molecule has 2 N–H and O–H groups in total. The molecule has 3 nitrogen and oxygen atoms in total. The number of nitrogen functional groups attached to an aromatic ring is 1. The van der Waals surface area contributed by atoms with Gasteiger partial charge in [0, 0.05) is 17.0 Å². The number of benzene rings is 1. The van der Waals surface area contributed by atoms with E-state index in [-0.39, 0.29) is 5.78 Å². The highest BCUT2D eigenvalue weighted by molar-refractivity contribution is 5.97. The molecule has 1 aromatic carbocycles. The smallest absolute Gasteiger partial charge is 0.168 e. The summed E-state index contributed by atoms with van der Waals surface area (Å²) in [5, 5.41) is 0. The lowest BCUT2D eigenvalue weighted by atomic mass is 10.1. The summed E-state index contributed by atoms with van der Waals surface area (Å²) in [5.41, 5.74) is 2.52. The number of nitrogens with zero attached hydrogens (tertiary/aromatic N) is 1. The van der Waals surface area contributed by atoms with Gasteiger partial charge in [-0.25, -0.2) is 0 Å². The number of aryl methyl sites for hydroxylation is 1. The molecule has 0 atom stereocenters. The normalized spacial score (nSPS) is 10.3. The van der Waals surface area contributed by atoms with Gasteiger partial charge in [0.05, 0.1) is 6.42 Å². The fourth-order valence-electron chi connectivity index (χ4n) is 1.64. The molecule has 0 spiro atoms. The third kappa shape index (κ3) is 1.98. The number of aromatic nitrogens is 1. The topological polar surface area (TPSA) is 48.0 Å². The molecule has 16 heavy (non-hydrogen) atoms. The van der Waals surface area contributed by atoms with Crippen LogP contribution in [0, 0.1) is 6.92 Å². The van der Waals surface area contributed by atoms with E-state index in [1.54, 1.807) is 4.68 Å². The lowest BCUT2D eigenvalue weighted by molar-refractivity contribution is 0.0991. The van der Waals surface area contributed by atoms with Crippen LogP contribution in [0.25, 0.3) is 0 Å². The number of nitrogens with two attached hydrogens (primary N) is 1. The van der Waals surface area contributed by atoms with Gasteiger partial charge < -0.3 is 5.84 Å². The lowest BCUT2D eigenvalue weighted by Gasteiger charge is -2.04. The van der Waals surface area contributed by atoms with E-state index in [9.17, 15) is 4.79 Å². The second kappa shape index (κ2) is 4.23. The zero-order valence-electron chi connectivity index (χ0n) is 9.18. The van der Waals surface area contributed by atoms with Gasteiger partial charge in [-0.2, -0.15) is 0 Å². The van der Waals surface area contributed by atoms with Gasteiger partial charge in [-0.1, -0.05) is 30.3 Å². The van der Waals surface area contributed by atoms with Crippen molar-refractivity contribution in [1.29, 1.82) is 0 Å². The summed E-state index contributed by atoms with van der Waals surface area (Å²) in [7, 11) is 0. The summed E-state index contributed by atoms with van der Waals surface area (Å²) in [4.78, 5) is 11.9. The first-order valence-corrected chi connectivity index (χ1v) is 5.19. The maximum absolute atomic E-state index is 11.9. The van der Waals surface area contributed by atoms with Crippen molar-refractivity contribution in [2.75, 3.05) is 5.84 Å². The Morgan fingerprint density at radius 2 is 1.88 bits per heavy atom.